The molecule has 0 spiro atoms. The zero-order valence-corrected chi connectivity index (χ0v) is 11.6. The van der Waals surface area contributed by atoms with Gasteiger partial charge in [-0.15, -0.1) is 0 Å². The van der Waals surface area contributed by atoms with Crippen LogP contribution in [0.3, 0.4) is 0 Å². The molecular formula is C16H23NO2. The van der Waals surface area contributed by atoms with Crippen molar-refractivity contribution in [2.45, 2.75) is 51.6 Å². The van der Waals surface area contributed by atoms with Crippen molar-refractivity contribution < 1.29 is 9.90 Å². The first-order valence-electron chi connectivity index (χ1n) is 7.27. The van der Waals surface area contributed by atoms with E-state index in [1.807, 2.05) is 12.1 Å². The van der Waals surface area contributed by atoms with Crippen molar-refractivity contribution in [3.05, 3.63) is 35.4 Å². The summed E-state index contributed by atoms with van der Waals surface area (Å²) in [5.41, 5.74) is 1.58. The van der Waals surface area contributed by atoms with Crippen molar-refractivity contribution in [3.63, 3.8) is 0 Å². The molecule has 0 aliphatic carbocycles. The molecule has 1 saturated heterocycles. The van der Waals surface area contributed by atoms with Crippen LogP contribution in [0.4, 0.5) is 0 Å². The van der Waals surface area contributed by atoms with Gasteiger partial charge in [-0.3, -0.25) is 4.90 Å². The van der Waals surface area contributed by atoms with Crippen molar-refractivity contribution in [3.8, 4) is 0 Å². The van der Waals surface area contributed by atoms with Crippen LogP contribution in [0, 0.1) is 0 Å². The van der Waals surface area contributed by atoms with Gasteiger partial charge in [0.2, 0.25) is 0 Å². The van der Waals surface area contributed by atoms with Gasteiger partial charge < -0.3 is 5.11 Å². The number of carboxylic acids is 1. The normalized spacial score (nSPS) is 20.4. The predicted molar refractivity (Wildman–Crippen MR) is 76.4 cm³/mol. The predicted octanol–water partition coefficient (Wildman–Crippen LogP) is 3.54. The summed E-state index contributed by atoms with van der Waals surface area (Å²) >= 11 is 0. The molecule has 1 aromatic rings. The number of piperidine rings is 1. The van der Waals surface area contributed by atoms with E-state index in [1.54, 1.807) is 12.1 Å². The van der Waals surface area contributed by atoms with Gasteiger partial charge in [-0.1, -0.05) is 31.9 Å². The third-order valence-corrected chi connectivity index (χ3v) is 3.96. The number of nitrogens with zero attached hydrogens (tertiary/aromatic N) is 1. The van der Waals surface area contributed by atoms with Crippen molar-refractivity contribution in [1.29, 1.82) is 0 Å². The molecule has 0 amide bonds. The number of aromatic carboxylic acids is 1. The van der Waals surface area contributed by atoms with Crippen LogP contribution in [0.2, 0.25) is 0 Å². The molecule has 0 radical (unpaired) electrons. The van der Waals surface area contributed by atoms with Gasteiger partial charge in [-0.05, 0) is 43.5 Å². The second-order valence-corrected chi connectivity index (χ2v) is 5.41. The van der Waals surface area contributed by atoms with Gasteiger partial charge in [-0.25, -0.2) is 4.79 Å². The van der Waals surface area contributed by atoms with Crippen LogP contribution in [-0.2, 0) is 6.54 Å². The molecule has 0 aromatic heterocycles. The molecule has 3 heteroatoms. The average molecular weight is 261 g/mol. The maximum atomic E-state index is 10.8. The Balaban J connectivity index is 2.00. The van der Waals surface area contributed by atoms with Crippen molar-refractivity contribution in [2.24, 2.45) is 0 Å². The Morgan fingerprint density at radius 3 is 2.68 bits per heavy atom. The van der Waals surface area contributed by atoms with Crippen LogP contribution >= 0.6 is 0 Å². The van der Waals surface area contributed by atoms with Crippen LogP contribution in [0.1, 0.15) is 54.9 Å². The third-order valence-electron chi connectivity index (χ3n) is 3.96. The van der Waals surface area contributed by atoms with E-state index in [2.05, 4.69) is 11.8 Å². The maximum Gasteiger partial charge on any atom is 0.335 e. The van der Waals surface area contributed by atoms with E-state index in [-0.39, 0.29) is 0 Å². The Kier molecular flexibility index (Phi) is 4.97. The van der Waals surface area contributed by atoms with E-state index in [4.69, 9.17) is 5.11 Å². The van der Waals surface area contributed by atoms with E-state index in [0.29, 0.717) is 11.6 Å². The standard InChI is InChI=1S/C16H23NO2/c1-2-5-15-6-3-4-11-17(15)12-13-7-9-14(10-8-13)16(18)19/h7-10,15H,2-6,11-12H2,1H3,(H,18,19). The lowest BCUT2D eigenvalue weighted by atomic mass is 9.97. The number of likely N-dealkylation sites (tertiary alicyclic amines) is 1. The first kappa shape index (κ1) is 14.1. The molecule has 1 fully saturated rings. The van der Waals surface area contributed by atoms with E-state index in [0.717, 1.165) is 6.54 Å². The summed E-state index contributed by atoms with van der Waals surface area (Å²) in [6.07, 6.45) is 6.44. The van der Waals surface area contributed by atoms with Gasteiger partial charge in [0.1, 0.15) is 0 Å². The fourth-order valence-corrected chi connectivity index (χ4v) is 2.92. The molecule has 1 atom stereocenters. The number of hydrogen-bond acceptors (Lipinski definition) is 2. The highest BCUT2D eigenvalue weighted by Crippen LogP contribution is 2.23. The Labute approximate surface area is 115 Å². The highest BCUT2D eigenvalue weighted by Gasteiger charge is 2.21. The van der Waals surface area contributed by atoms with Crippen LogP contribution in [0.5, 0.6) is 0 Å². The summed E-state index contributed by atoms with van der Waals surface area (Å²) < 4.78 is 0. The lowest BCUT2D eigenvalue weighted by molar-refractivity contribution is 0.0697. The smallest absolute Gasteiger partial charge is 0.335 e. The maximum absolute atomic E-state index is 10.8. The summed E-state index contributed by atoms with van der Waals surface area (Å²) in [5, 5.41) is 8.90. The highest BCUT2D eigenvalue weighted by atomic mass is 16.4. The Morgan fingerprint density at radius 1 is 1.32 bits per heavy atom. The number of hydrogen-bond donors (Lipinski definition) is 1. The van der Waals surface area contributed by atoms with Gasteiger partial charge in [0, 0.05) is 12.6 Å². The zero-order valence-electron chi connectivity index (χ0n) is 11.6. The minimum absolute atomic E-state index is 0.368. The SMILES string of the molecule is CCCC1CCCCN1Cc1ccc(C(=O)O)cc1. The van der Waals surface area contributed by atoms with E-state index < -0.39 is 5.97 Å². The quantitative estimate of drug-likeness (QED) is 0.881. The number of benzene rings is 1. The Hall–Kier alpha value is -1.35. The zero-order chi connectivity index (χ0) is 13.7. The van der Waals surface area contributed by atoms with Crippen molar-refractivity contribution >= 4 is 5.97 Å². The average Bonchev–Trinajstić information content (AvgIpc) is 2.42. The third kappa shape index (κ3) is 3.80. The largest absolute Gasteiger partial charge is 0.478 e. The summed E-state index contributed by atoms with van der Waals surface area (Å²) in [7, 11) is 0. The number of rotatable bonds is 5. The summed E-state index contributed by atoms with van der Waals surface area (Å²) in [5.74, 6) is -0.853. The molecule has 0 saturated carbocycles. The molecule has 1 aliphatic heterocycles. The molecule has 1 aromatic carbocycles. The Bertz CT molecular complexity index is 411. The van der Waals surface area contributed by atoms with Gasteiger partial charge in [-0.2, -0.15) is 0 Å². The van der Waals surface area contributed by atoms with Gasteiger partial charge in [0.05, 0.1) is 5.56 Å². The van der Waals surface area contributed by atoms with Crippen molar-refractivity contribution in [2.75, 3.05) is 6.54 Å². The first-order valence-corrected chi connectivity index (χ1v) is 7.27. The molecule has 3 nitrogen and oxygen atoms in total. The molecule has 1 aliphatic rings. The highest BCUT2D eigenvalue weighted by molar-refractivity contribution is 5.87. The minimum atomic E-state index is -0.853. The minimum Gasteiger partial charge on any atom is -0.478 e. The monoisotopic (exact) mass is 261 g/mol. The summed E-state index contributed by atoms with van der Waals surface area (Å²) in [6.45, 7) is 4.37. The van der Waals surface area contributed by atoms with Gasteiger partial charge in [0.15, 0.2) is 0 Å². The molecule has 19 heavy (non-hydrogen) atoms. The lowest BCUT2D eigenvalue weighted by Crippen LogP contribution is -2.38. The summed E-state index contributed by atoms with van der Waals surface area (Å²) in [4.78, 5) is 13.4. The van der Waals surface area contributed by atoms with Gasteiger partial charge in [0.25, 0.3) is 0 Å². The molecule has 0 bridgehead atoms. The molecular weight excluding hydrogens is 238 g/mol. The van der Waals surface area contributed by atoms with Crippen LogP contribution in [0.25, 0.3) is 0 Å². The lowest BCUT2D eigenvalue weighted by Gasteiger charge is -2.35. The van der Waals surface area contributed by atoms with Crippen LogP contribution < -0.4 is 0 Å². The first-order chi connectivity index (χ1) is 9.20. The van der Waals surface area contributed by atoms with E-state index in [9.17, 15) is 4.79 Å². The second-order valence-electron chi connectivity index (χ2n) is 5.41. The molecule has 2 rings (SSSR count). The van der Waals surface area contributed by atoms with Crippen molar-refractivity contribution in [1.82, 2.24) is 4.90 Å². The fraction of sp³-hybridized carbons (Fsp3) is 0.562. The Morgan fingerprint density at radius 2 is 2.05 bits per heavy atom. The van der Waals surface area contributed by atoms with Crippen LogP contribution in [0.15, 0.2) is 24.3 Å². The van der Waals surface area contributed by atoms with E-state index >= 15 is 0 Å². The summed E-state index contributed by atoms with van der Waals surface area (Å²) in [6, 6.07) is 8.01. The second kappa shape index (κ2) is 6.71. The topological polar surface area (TPSA) is 40.5 Å². The van der Waals surface area contributed by atoms with Crippen LogP contribution in [-0.4, -0.2) is 28.6 Å². The number of carboxylic acid groups (broad SMARTS) is 1. The molecule has 1 heterocycles. The molecule has 1 N–H and O–H groups in total. The molecule has 104 valence electrons. The number of carbonyl (C=O) groups is 1. The van der Waals surface area contributed by atoms with Gasteiger partial charge >= 0.3 is 5.97 Å². The fourth-order valence-electron chi connectivity index (χ4n) is 2.92. The molecule has 1 unspecified atom stereocenters. The van der Waals surface area contributed by atoms with E-state index in [1.165, 1.54) is 44.2 Å².